The van der Waals surface area contributed by atoms with Gasteiger partial charge in [0.25, 0.3) is 5.56 Å². The van der Waals surface area contributed by atoms with Crippen LogP contribution in [0.4, 0.5) is 5.69 Å². The number of hydrogen-bond donors (Lipinski definition) is 2. The van der Waals surface area contributed by atoms with Crippen molar-refractivity contribution in [1.82, 2.24) is 9.78 Å². The summed E-state index contributed by atoms with van der Waals surface area (Å²) < 4.78 is 7.61. The third-order valence-electron chi connectivity index (χ3n) is 3.74. The number of rotatable bonds is 5. The average molecular weight is 436 g/mol. The summed E-state index contributed by atoms with van der Waals surface area (Å²) in [6, 6.07) is 12.7. The lowest BCUT2D eigenvalue weighted by Gasteiger charge is -2.06. The van der Waals surface area contributed by atoms with Gasteiger partial charge < -0.3 is 4.74 Å². The van der Waals surface area contributed by atoms with E-state index in [9.17, 15) is 4.79 Å². The fourth-order valence-electron chi connectivity index (χ4n) is 2.38. The Morgan fingerprint density at radius 2 is 2.00 bits per heavy atom. The third-order valence-corrected chi connectivity index (χ3v) is 4.58. The third kappa shape index (κ3) is 3.84. The Balaban J connectivity index is 1.87. The van der Waals surface area contributed by atoms with Crippen molar-refractivity contribution in [2.24, 2.45) is 5.10 Å². The van der Waals surface area contributed by atoms with Crippen LogP contribution in [0.15, 0.2) is 56.8 Å². The fraction of sp³-hybridized carbons (Fsp3) is 0.111. The Morgan fingerprint density at radius 3 is 2.69 bits per heavy atom. The summed E-state index contributed by atoms with van der Waals surface area (Å²) >= 11 is 9.42. The monoisotopic (exact) mass is 434 g/mol. The van der Waals surface area contributed by atoms with Crippen molar-refractivity contribution in [3.8, 4) is 11.4 Å². The molecular formula is C18H16BrClN4O2. The molecule has 2 aromatic carbocycles. The lowest BCUT2D eigenvalue weighted by atomic mass is 10.3. The van der Waals surface area contributed by atoms with Crippen molar-refractivity contribution in [3.05, 3.63) is 73.6 Å². The quantitative estimate of drug-likeness (QED) is 0.462. The molecule has 0 unspecified atom stereocenters. The lowest BCUT2D eigenvalue weighted by molar-refractivity contribution is 0.414. The van der Waals surface area contributed by atoms with Gasteiger partial charge in [-0.05, 0) is 43.3 Å². The molecule has 0 aliphatic heterocycles. The van der Waals surface area contributed by atoms with Crippen molar-refractivity contribution in [3.63, 3.8) is 0 Å². The molecule has 3 rings (SSSR count). The first-order valence-corrected chi connectivity index (χ1v) is 8.87. The predicted octanol–water partition coefficient (Wildman–Crippen LogP) is 4.34. The first-order chi connectivity index (χ1) is 12.5. The first-order valence-electron chi connectivity index (χ1n) is 7.70. The van der Waals surface area contributed by atoms with Crippen LogP contribution < -0.4 is 15.7 Å². The zero-order valence-electron chi connectivity index (χ0n) is 14.1. The van der Waals surface area contributed by atoms with Crippen LogP contribution >= 0.6 is 27.5 Å². The number of ether oxygens (including phenoxy) is 1. The van der Waals surface area contributed by atoms with Gasteiger partial charge >= 0.3 is 0 Å². The molecule has 0 amide bonds. The van der Waals surface area contributed by atoms with E-state index in [4.69, 9.17) is 16.3 Å². The Bertz CT molecular complexity index is 1010. The van der Waals surface area contributed by atoms with Crippen LogP contribution in [0.2, 0.25) is 5.02 Å². The second kappa shape index (κ2) is 7.80. The van der Waals surface area contributed by atoms with Crippen molar-refractivity contribution in [1.29, 1.82) is 0 Å². The number of hydrazone groups is 1. The molecule has 0 atom stereocenters. The van der Waals surface area contributed by atoms with Gasteiger partial charge in [0.1, 0.15) is 5.75 Å². The molecule has 0 spiro atoms. The fourth-order valence-corrected chi connectivity index (χ4v) is 2.84. The largest absolute Gasteiger partial charge is 0.495 e. The normalized spacial score (nSPS) is 11.1. The summed E-state index contributed by atoms with van der Waals surface area (Å²) in [5, 5.41) is 7.66. The summed E-state index contributed by atoms with van der Waals surface area (Å²) in [4.78, 5) is 12.7. The highest BCUT2D eigenvalue weighted by molar-refractivity contribution is 9.10. The van der Waals surface area contributed by atoms with Crippen LogP contribution in [0.3, 0.4) is 0 Å². The summed E-state index contributed by atoms with van der Waals surface area (Å²) in [6.07, 6.45) is 1.50. The molecule has 1 heterocycles. The van der Waals surface area contributed by atoms with Gasteiger partial charge in [0.2, 0.25) is 0 Å². The smallest absolute Gasteiger partial charge is 0.280 e. The van der Waals surface area contributed by atoms with Crippen molar-refractivity contribution in [2.75, 3.05) is 12.5 Å². The van der Waals surface area contributed by atoms with Gasteiger partial charge in [-0.15, -0.1) is 0 Å². The molecule has 2 N–H and O–H groups in total. The van der Waals surface area contributed by atoms with E-state index in [1.165, 1.54) is 18.0 Å². The zero-order chi connectivity index (χ0) is 18.7. The number of H-pyrrole nitrogens is 1. The van der Waals surface area contributed by atoms with Crippen LogP contribution in [-0.2, 0) is 0 Å². The minimum atomic E-state index is -0.215. The SMILES string of the molecule is COc1cc(-n2[nH]c(C)c(C=NNc3ccc(Br)cc3)c2=O)ccc1Cl. The molecule has 0 saturated carbocycles. The van der Waals surface area contributed by atoms with Crippen LogP contribution in [0.25, 0.3) is 5.69 Å². The van der Waals surface area contributed by atoms with E-state index in [0.29, 0.717) is 27.7 Å². The molecule has 0 radical (unpaired) electrons. The number of hydrogen-bond acceptors (Lipinski definition) is 4. The first kappa shape index (κ1) is 18.3. The number of anilines is 1. The summed E-state index contributed by atoms with van der Waals surface area (Å²) in [5.74, 6) is 0.496. The average Bonchev–Trinajstić information content (AvgIpc) is 2.92. The number of aryl methyl sites for hydroxylation is 1. The van der Waals surface area contributed by atoms with Gasteiger partial charge in [0, 0.05) is 16.2 Å². The molecule has 0 bridgehead atoms. The second-order valence-corrected chi connectivity index (χ2v) is 6.81. The number of methoxy groups -OCH3 is 1. The van der Waals surface area contributed by atoms with E-state index in [-0.39, 0.29) is 5.56 Å². The number of benzene rings is 2. The van der Waals surface area contributed by atoms with Gasteiger partial charge in [0.15, 0.2) is 0 Å². The van der Waals surface area contributed by atoms with Gasteiger partial charge in [-0.1, -0.05) is 27.5 Å². The molecule has 26 heavy (non-hydrogen) atoms. The van der Waals surface area contributed by atoms with E-state index in [1.807, 2.05) is 31.2 Å². The minimum absolute atomic E-state index is 0.215. The predicted molar refractivity (Wildman–Crippen MR) is 108 cm³/mol. The van der Waals surface area contributed by atoms with Gasteiger partial charge in [-0.3, -0.25) is 15.3 Å². The molecule has 0 aliphatic rings. The van der Waals surface area contributed by atoms with Crippen molar-refractivity contribution in [2.45, 2.75) is 6.92 Å². The van der Waals surface area contributed by atoms with Gasteiger partial charge in [-0.25, -0.2) is 4.68 Å². The van der Waals surface area contributed by atoms with Crippen LogP contribution in [-0.4, -0.2) is 23.1 Å². The number of aromatic nitrogens is 2. The maximum Gasteiger partial charge on any atom is 0.280 e. The van der Waals surface area contributed by atoms with Crippen LogP contribution in [0, 0.1) is 6.92 Å². The molecule has 134 valence electrons. The lowest BCUT2D eigenvalue weighted by Crippen LogP contribution is -2.17. The highest BCUT2D eigenvalue weighted by Crippen LogP contribution is 2.26. The molecule has 0 aliphatic carbocycles. The maximum absolute atomic E-state index is 12.7. The second-order valence-electron chi connectivity index (χ2n) is 5.49. The standard InChI is InChI=1S/C18H16BrClN4O2/c1-11-15(10-21-22-13-5-3-12(19)4-6-13)18(25)24(23-11)14-7-8-16(20)17(9-14)26-2/h3-10,22-23H,1-2H3. The van der Waals surface area contributed by atoms with E-state index in [1.54, 1.807) is 18.2 Å². The minimum Gasteiger partial charge on any atom is -0.495 e. The van der Waals surface area contributed by atoms with Crippen LogP contribution in [0.5, 0.6) is 5.75 Å². The number of nitrogens with zero attached hydrogens (tertiary/aromatic N) is 2. The van der Waals surface area contributed by atoms with Crippen molar-refractivity contribution < 1.29 is 4.74 Å². The van der Waals surface area contributed by atoms with E-state index in [2.05, 4.69) is 31.6 Å². The van der Waals surface area contributed by atoms with Gasteiger partial charge in [0.05, 0.1) is 35.3 Å². The number of nitrogens with one attached hydrogen (secondary N) is 2. The molecule has 3 aromatic rings. The van der Waals surface area contributed by atoms with Crippen LogP contribution in [0.1, 0.15) is 11.3 Å². The molecule has 6 nitrogen and oxygen atoms in total. The van der Waals surface area contributed by atoms with E-state index in [0.717, 1.165) is 10.2 Å². The molecular weight excluding hydrogens is 420 g/mol. The number of aromatic amines is 1. The summed E-state index contributed by atoms with van der Waals surface area (Å²) in [7, 11) is 1.53. The highest BCUT2D eigenvalue weighted by atomic mass is 79.9. The van der Waals surface area contributed by atoms with Crippen molar-refractivity contribution >= 4 is 39.4 Å². The summed E-state index contributed by atoms with van der Waals surface area (Å²) in [5.41, 5.74) is 5.29. The molecule has 0 saturated heterocycles. The zero-order valence-corrected chi connectivity index (χ0v) is 16.4. The van der Waals surface area contributed by atoms with E-state index < -0.39 is 0 Å². The number of halogens is 2. The summed E-state index contributed by atoms with van der Waals surface area (Å²) in [6.45, 7) is 1.81. The molecule has 0 fully saturated rings. The Kier molecular flexibility index (Phi) is 5.49. The van der Waals surface area contributed by atoms with E-state index >= 15 is 0 Å². The molecule has 1 aromatic heterocycles. The topological polar surface area (TPSA) is 71.4 Å². The highest BCUT2D eigenvalue weighted by Gasteiger charge is 2.12. The maximum atomic E-state index is 12.7. The Morgan fingerprint density at radius 1 is 1.27 bits per heavy atom. The van der Waals surface area contributed by atoms with Gasteiger partial charge in [-0.2, -0.15) is 5.10 Å². The Hall–Kier alpha value is -2.51. The Labute approximate surface area is 163 Å². The molecule has 8 heteroatoms.